The van der Waals surface area contributed by atoms with Crippen LogP contribution in [-0.2, 0) is 4.79 Å². The molecule has 1 atom stereocenters. The molecule has 1 aliphatic heterocycles. The van der Waals surface area contributed by atoms with Crippen LogP contribution in [0.3, 0.4) is 0 Å². The third kappa shape index (κ3) is 4.31. The Morgan fingerprint density at radius 1 is 1.40 bits per heavy atom. The summed E-state index contributed by atoms with van der Waals surface area (Å²) in [5.41, 5.74) is 0.313. The van der Waals surface area contributed by atoms with Gasteiger partial charge < -0.3 is 10.2 Å². The molecule has 25 heavy (non-hydrogen) atoms. The van der Waals surface area contributed by atoms with E-state index in [0.717, 1.165) is 12.5 Å². The first-order valence-corrected chi connectivity index (χ1v) is 8.73. The van der Waals surface area contributed by atoms with Crippen molar-refractivity contribution in [1.29, 1.82) is 0 Å². The normalized spacial score (nSPS) is 16.5. The van der Waals surface area contributed by atoms with Crippen LogP contribution < -0.4 is 10.6 Å². The zero-order chi connectivity index (χ0) is 17.8. The van der Waals surface area contributed by atoms with Crippen molar-refractivity contribution in [3.05, 3.63) is 41.1 Å². The van der Waals surface area contributed by atoms with Crippen LogP contribution in [0.2, 0.25) is 5.02 Å². The SMILES string of the molecule is C=CC(=O)Nc1nc(C(=O)N2CCC(Nc3ncc(Cl)cn3)C2)cs1. The smallest absolute Gasteiger partial charge is 0.273 e. The first-order valence-electron chi connectivity index (χ1n) is 7.47. The molecule has 0 saturated carbocycles. The van der Waals surface area contributed by atoms with Crippen LogP contribution in [0.5, 0.6) is 0 Å². The minimum absolute atomic E-state index is 0.0590. The number of hydrogen-bond acceptors (Lipinski definition) is 7. The molecule has 1 saturated heterocycles. The summed E-state index contributed by atoms with van der Waals surface area (Å²) in [5, 5.41) is 8.20. The van der Waals surface area contributed by atoms with Crippen LogP contribution in [0.1, 0.15) is 16.9 Å². The fraction of sp³-hybridized carbons (Fsp3) is 0.267. The largest absolute Gasteiger partial charge is 0.350 e. The first kappa shape index (κ1) is 17.3. The highest BCUT2D eigenvalue weighted by Crippen LogP contribution is 2.20. The van der Waals surface area contributed by atoms with Crippen LogP contribution in [0.15, 0.2) is 30.4 Å². The third-order valence-electron chi connectivity index (χ3n) is 3.57. The Labute approximate surface area is 152 Å². The van der Waals surface area contributed by atoms with Gasteiger partial charge in [0.1, 0.15) is 5.69 Å². The Hall–Kier alpha value is -2.52. The van der Waals surface area contributed by atoms with E-state index in [1.807, 2.05) is 0 Å². The van der Waals surface area contributed by atoms with Crippen LogP contribution in [0, 0.1) is 0 Å². The number of nitrogens with zero attached hydrogens (tertiary/aromatic N) is 4. The number of halogens is 1. The van der Waals surface area contributed by atoms with Gasteiger partial charge in [-0.15, -0.1) is 11.3 Å². The number of rotatable bonds is 5. The summed E-state index contributed by atoms with van der Waals surface area (Å²) in [4.78, 5) is 37.8. The van der Waals surface area contributed by atoms with E-state index in [1.54, 1.807) is 10.3 Å². The molecule has 3 heterocycles. The summed E-state index contributed by atoms with van der Waals surface area (Å²) in [6, 6.07) is 0.0590. The Kier molecular flexibility index (Phi) is 5.25. The molecule has 130 valence electrons. The summed E-state index contributed by atoms with van der Waals surface area (Å²) >= 11 is 6.96. The minimum atomic E-state index is -0.359. The Morgan fingerprint density at radius 3 is 2.88 bits per heavy atom. The van der Waals surface area contributed by atoms with Gasteiger partial charge in [-0.05, 0) is 12.5 Å². The summed E-state index contributed by atoms with van der Waals surface area (Å²) in [7, 11) is 0. The number of carbonyl (C=O) groups excluding carboxylic acids is 2. The van der Waals surface area contributed by atoms with Crippen LogP contribution >= 0.6 is 22.9 Å². The van der Waals surface area contributed by atoms with Gasteiger partial charge >= 0.3 is 0 Å². The van der Waals surface area contributed by atoms with Crippen LogP contribution in [0.4, 0.5) is 11.1 Å². The van der Waals surface area contributed by atoms with Gasteiger partial charge in [0, 0.05) is 24.5 Å². The van der Waals surface area contributed by atoms with Gasteiger partial charge in [0.2, 0.25) is 11.9 Å². The quantitative estimate of drug-likeness (QED) is 0.772. The second-order valence-electron chi connectivity index (χ2n) is 5.34. The maximum Gasteiger partial charge on any atom is 0.273 e. The van der Waals surface area contributed by atoms with E-state index >= 15 is 0 Å². The average molecular weight is 379 g/mol. The zero-order valence-electron chi connectivity index (χ0n) is 13.1. The molecule has 2 aromatic rings. The number of nitrogens with one attached hydrogen (secondary N) is 2. The molecule has 2 N–H and O–H groups in total. The van der Waals surface area contributed by atoms with Crippen molar-refractivity contribution in [1.82, 2.24) is 19.9 Å². The molecule has 10 heteroatoms. The molecule has 0 radical (unpaired) electrons. The minimum Gasteiger partial charge on any atom is -0.350 e. The van der Waals surface area contributed by atoms with Crippen molar-refractivity contribution in [2.45, 2.75) is 12.5 Å². The van der Waals surface area contributed by atoms with Gasteiger partial charge in [-0.3, -0.25) is 14.9 Å². The van der Waals surface area contributed by atoms with Crippen molar-refractivity contribution < 1.29 is 9.59 Å². The van der Waals surface area contributed by atoms with Gasteiger partial charge in [-0.25, -0.2) is 15.0 Å². The lowest BCUT2D eigenvalue weighted by Crippen LogP contribution is -2.32. The fourth-order valence-electron chi connectivity index (χ4n) is 2.38. The number of aromatic nitrogens is 3. The van der Waals surface area contributed by atoms with Crippen LogP contribution in [0.25, 0.3) is 0 Å². The molecule has 0 bridgehead atoms. The summed E-state index contributed by atoms with van der Waals surface area (Å²) in [6.07, 6.45) is 4.96. The number of thiazole rings is 1. The molecule has 1 aliphatic rings. The number of carbonyl (C=O) groups is 2. The molecule has 1 unspecified atom stereocenters. The van der Waals surface area contributed by atoms with Gasteiger partial charge in [-0.2, -0.15) is 0 Å². The van der Waals surface area contributed by atoms with Gasteiger partial charge in [-0.1, -0.05) is 18.2 Å². The van der Waals surface area contributed by atoms with Gasteiger partial charge in [0.05, 0.1) is 17.4 Å². The molecule has 8 nitrogen and oxygen atoms in total. The molecule has 0 aliphatic carbocycles. The van der Waals surface area contributed by atoms with E-state index in [1.165, 1.54) is 23.7 Å². The lowest BCUT2D eigenvalue weighted by atomic mass is 10.3. The molecule has 1 fully saturated rings. The number of hydrogen-bond donors (Lipinski definition) is 2. The highest BCUT2D eigenvalue weighted by atomic mass is 35.5. The van der Waals surface area contributed by atoms with Gasteiger partial charge in [0.25, 0.3) is 5.91 Å². The fourth-order valence-corrected chi connectivity index (χ4v) is 3.16. The van der Waals surface area contributed by atoms with Crippen molar-refractivity contribution in [2.24, 2.45) is 0 Å². The highest BCUT2D eigenvalue weighted by molar-refractivity contribution is 7.14. The molecule has 2 amide bonds. The number of amides is 2. The lowest BCUT2D eigenvalue weighted by molar-refractivity contribution is -0.111. The van der Waals surface area contributed by atoms with E-state index in [0.29, 0.717) is 34.9 Å². The molecule has 0 spiro atoms. The van der Waals surface area contributed by atoms with Crippen molar-refractivity contribution in [3.63, 3.8) is 0 Å². The standard InChI is InChI=1S/C15H15ClN6O2S/c1-2-12(23)21-15-20-11(8-25-15)13(24)22-4-3-10(7-22)19-14-17-5-9(16)6-18-14/h2,5-6,8,10H,1,3-4,7H2,(H,17,18,19)(H,20,21,23). The Bertz CT molecular complexity index is 794. The van der Waals surface area contributed by atoms with E-state index in [9.17, 15) is 9.59 Å². The molecule has 0 aromatic carbocycles. The summed E-state index contributed by atoms with van der Waals surface area (Å²) < 4.78 is 0. The second kappa shape index (κ2) is 7.58. The van der Waals surface area contributed by atoms with Crippen molar-refractivity contribution in [3.8, 4) is 0 Å². The van der Waals surface area contributed by atoms with Crippen molar-refractivity contribution >= 4 is 45.8 Å². The molecular weight excluding hydrogens is 364 g/mol. The summed E-state index contributed by atoms with van der Waals surface area (Å²) in [5.74, 6) is -0.0507. The van der Waals surface area contributed by atoms with E-state index in [2.05, 4.69) is 32.2 Å². The van der Waals surface area contributed by atoms with Gasteiger partial charge in [0.15, 0.2) is 5.13 Å². The van der Waals surface area contributed by atoms with E-state index < -0.39 is 0 Å². The molecule has 3 rings (SSSR count). The van der Waals surface area contributed by atoms with E-state index in [4.69, 9.17) is 11.6 Å². The molecule has 2 aromatic heterocycles. The second-order valence-corrected chi connectivity index (χ2v) is 6.63. The predicted molar refractivity (Wildman–Crippen MR) is 95.9 cm³/mol. The molecular formula is C15H15ClN6O2S. The maximum absolute atomic E-state index is 12.5. The zero-order valence-corrected chi connectivity index (χ0v) is 14.7. The number of anilines is 2. The Balaban J connectivity index is 1.58. The average Bonchev–Trinajstić information content (AvgIpc) is 3.26. The summed E-state index contributed by atoms with van der Waals surface area (Å²) in [6.45, 7) is 4.51. The van der Waals surface area contributed by atoms with Crippen LogP contribution in [-0.4, -0.2) is 50.8 Å². The maximum atomic E-state index is 12.5. The first-order chi connectivity index (χ1) is 12.0. The number of likely N-dealkylation sites (tertiary alicyclic amines) is 1. The van der Waals surface area contributed by atoms with Crippen molar-refractivity contribution in [2.75, 3.05) is 23.7 Å². The lowest BCUT2D eigenvalue weighted by Gasteiger charge is -2.16. The topological polar surface area (TPSA) is 100 Å². The third-order valence-corrected chi connectivity index (χ3v) is 4.52. The highest BCUT2D eigenvalue weighted by Gasteiger charge is 2.28. The monoisotopic (exact) mass is 378 g/mol. The van der Waals surface area contributed by atoms with E-state index in [-0.39, 0.29) is 17.9 Å². The predicted octanol–water partition coefficient (Wildman–Crippen LogP) is 2.04. The Morgan fingerprint density at radius 2 is 2.16 bits per heavy atom.